The van der Waals surface area contributed by atoms with E-state index in [0.717, 1.165) is 18.2 Å². The first kappa shape index (κ1) is 15.6. The monoisotopic (exact) mass is 269 g/mol. The SMILES string of the molecule is CCC(C)CSc1c(CNC(C)C)c(C)nn1C. The molecule has 1 unspecified atom stereocenters. The van der Waals surface area contributed by atoms with Gasteiger partial charge in [-0.1, -0.05) is 34.1 Å². The molecule has 0 aromatic carbocycles. The average Bonchev–Trinajstić information content (AvgIpc) is 2.57. The summed E-state index contributed by atoms with van der Waals surface area (Å²) in [6, 6.07) is 0.511. The minimum atomic E-state index is 0.511. The van der Waals surface area contributed by atoms with Crippen molar-refractivity contribution >= 4 is 11.8 Å². The summed E-state index contributed by atoms with van der Waals surface area (Å²) in [6.45, 7) is 11.9. The zero-order chi connectivity index (χ0) is 13.7. The zero-order valence-corrected chi connectivity index (χ0v) is 13.4. The van der Waals surface area contributed by atoms with Crippen LogP contribution in [0.5, 0.6) is 0 Å². The van der Waals surface area contributed by atoms with Crippen LogP contribution in [-0.2, 0) is 13.6 Å². The van der Waals surface area contributed by atoms with E-state index in [2.05, 4.69) is 45.0 Å². The molecule has 0 saturated carbocycles. The molecule has 1 aromatic heterocycles. The highest BCUT2D eigenvalue weighted by Crippen LogP contribution is 2.27. The van der Waals surface area contributed by atoms with E-state index >= 15 is 0 Å². The highest BCUT2D eigenvalue weighted by atomic mass is 32.2. The second-order valence-electron chi connectivity index (χ2n) is 5.35. The van der Waals surface area contributed by atoms with Gasteiger partial charge in [-0.15, -0.1) is 11.8 Å². The number of nitrogens with one attached hydrogen (secondary N) is 1. The van der Waals surface area contributed by atoms with Crippen LogP contribution in [0.4, 0.5) is 0 Å². The molecule has 3 nitrogen and oxygen atoms in total. The Bertz CT molecular complexity index is 371. The highest BCUT2D eigenvalue weighted by Gasteiger charge is 2.14. The smallest absolute Gasteiger partial charge is 0.0984 e. The van der Waals surface area contributed by atoms with E-state index in [9.17, 15) is 0 Å². The minimum Gasteiger partial charge on any atom is -0.310 e. The second kappa shape index (κ2) is 7.19. The van der Waals surface area contributed by atoms with Crippen molar-refractivity contribution in [2.45, 2.75) is 58.7 Å². The summed E-state index contributed by atoms with van der Waals surface area (Å²) in [7, 11) is 2.05. The van der Waals surface area contributed by atoms with Gasteiger partial charge in [-0.25, -0.2) is 0 Å². The van der Waals surface area contributed by atoms with Crippen LogP contribution in [0.3, 0.4) is 0 Å². The van der Waals surface area contributed by atoms with E-state index in [-0.39, 0.29) is 0 Å². The molecule has 1 rings (SSSR count). The first-order valence-corrected chi connectivity index (χ1v) is 7.82. The van der Waals surface area contributed by atoms with Crippen molar-refractivity contribution in [1.82, 2.24) is 15.1 Å². The van der Waals surface area contributed by atoms with Gasteiger partial charge in [-0.05, 0) is 12.8 Å². The molecule has 0 spiro atoms. The van der Waals surface area contributed by atoms with Crippen LogP contribution in [0.15, 0.2) is 5.03 Å². The summed E-state index contributed by atoms with van der Waals surface area (Å²) in [5.41, 5.74) is 2.51. The summed E-state index contributed by atoms with van der Waals surface area (Å²) in [5, 5.41) is 9.36. The molecule has 1 atom stereocenters. The molecule has 1 aromatic rings. The van der Waals surface area contributed by atoms with Gasteiger partial charge < -0.3 is 5.32 Å². The Balaban J connectivity index is 2.75. The van der Waals surface area contributed by atoms with Gasteiger partial charge in [-0.2, -0.15) is 5.10 Å². The predicted molar refractivity (Wildman–Crippen MR) is 80.1 cm³/mol. The Labute approximate surface area is 116 Å². The quantitative estimate of drug-likeness (QED) is 0.770. The molecule has 0 aliphatic heterocycles. The van der Waals surface area contributed by atoms with Crippen molar-refractivity contribution in [3.63, 3.8) is 0 Å². The Kier molecular flexibility index (Phi) is 6.22. The lowest BCUT2D eigenvalue weighted by Crippen LogP contribution is -2.22. The van der Waals surface area contributed by atoms with Crippen LogP contribution < -0.4 is 5.32 Å². The fourth-order valence-corrected chi connectivity index (χ4v) is 3.01. The van der Waals surface area contributed by atoms with Crippen molar-refractivity contribution in [2.24, 2.45) is 13.0 Å². The third-order valence-corrected chi connectivity index (χ3v) is 4.70. The summed E-state index contributed by atoms with van der Waals surface area (Å²) < 4.78 is 2.03. The summed E-state index contributed by atoms with van der Waals surface area (Å²) >= 11 is 1.94. The first-order chi connectivity index (χ1) is 8.45. The van der Waals surface area contributed by atoms with E-state index in [4.69, 9.17) is 0 Å². The van der Waals surface area contributed by atoms with Crippen molar-refractivity contribution < 1.29 is 0 Å². The Hall–Kier alpha value is -0.480. The van der Waals surface area contributed by atoms with E-state index in [1.807, 2.05) is 23.5 Å². The van der Waals surface area contributed by atoms with Gasteiger partial charge in [0.1, 0.15) is 0 Å². The summed E-state index contributed by atoms with van der Waals surface area (Å²) in [4.78, 5) is 0. The van der Waals surface area contributed by atoms with Crippen molar-refractivity contribution in [3.05, 3.63) is 11.3 Å². The maximum absolute atomic E-state index is 4.55. The molecule has 0 radical (unpaired) electrons. The Morgan fingerprint density at radius 3 is 2.56 bits per heavy atom. The maximum Gasteiger partial charge on any atom is 0.0984 e. The van der Waals surface area contributed by atoms with Crippen LogP contribution >= 0.6 is 11.8 Å². The molecule has 4 heteroatoms. The van der Waals surface area contributed by atoms with E-state index in [0.29, 0.717) is 6.04 Å². The lowest BCUT2D eigenvalue weighted by Gasteiger charge is -2.12. The van der Waals surface area contributed by atoms with Gasteiger partial charge in [0.15, 0.2) is 0 Å². The second-order valence-corrected chi connectivity index (χ2v) is 6.36. The molecule has 1 heterocycles. The zero-order valence-electron chi connectivity index (χ0n) is 12.6. The lowest BCUT2D eigenvalue weighted by molar-refractivity contribution is 0.579. The molecule has 104 valence electrons. The normalized spacial score (nSPS) is 13.3. The number of hydrogen-bond acceptors (Lipinski definition) is 3. The Morgan fingerprint density at radius 2 is 2.00 bits per heavy atom. The molecule has 0 bridgehead atoms. The molecule has 0 saturated heterocycles. The lowest BCUT2D eigenvalue weighted by atomic mass is 10.2. The van der Waals surface area contributed by atoms with Crippen LogP contribution in [0.2, 0.25) is 0 Å². The molecule has 18 heavy (non-hydrogen) atoms. The van der Waals surface area contributed by atoms with Crippen LogP contribution in [0.1, 0.15) is 45.4 Å². The van der Waals surface area contributed by atoms with Gasteiger partial charge in [0, 0.05) is 31.0 Å². The molecule has 0 fully saturated rings. The van der Waals surface area contributed by atoms with E-state index in [1.165, 1.54) is 22.8 Å². The standard InChI is InChI=1S/C14H27N3S/c1-7-11(4)9-18-14-13(8-15-10(2)3)12(5)16-17(14)6/h10-11,15H,7-9H2,1-6H3. The minimum absolute atomic E-state index is 0.511. The molecule has 0 aliphatic rings. The highest BCUT2D eigenvalue weighted by molar-refractivity contribution is 7.99. The summed E-state index contributed by atoms with van der Waals surface area (Å²) in [6.07, 6.45) is 1.24. The van der Waals surface area contributed by atoms with Crippen LogP contribution in [0.25, 0.3) is 0 Å². The van der Waals surface area contributed by atoms with E-state index < -0.39 is 0 Å². The number of hydrogen-bond donors (Lipinski definition) is 1. The van der Waals surface area contributed by atoms with Crippen molar-refractivity contribution in [3.8, 4) is 0 Å². The summed E-state index contributed by atoms with van der Waals surface area (Å²) in [5.74, 6) is 1.93. The largest absolute Gasteiger partial charge is 0.310 e. The van der Waals surface area contributed by atoms with Crippen molar-refractivity contribution in [1.29, 1.82) is 0 Å². The number of aromatic nitrogens is 2. The van der Waals surface area contributed by atoms with Gasteiger partial charge in [0.25, 0.3) is 0 Å². The molecular formula is C14H27N3S. The maximum atomic E-state index is 4.55. The van der Waals surface area contributed by atoms with Gasteiger partial charge >= 0.3 is 0 Å². The average molecular weight is 269 g/mol. The van der Waals surface area contributed by atoms with Gasteiger partial charge in [0.05, 0.1) is 10.7 Å². The third kappa shape index (κ3) is 4.32. The number of nitrogens with zero attached hydrogens (tertiary/aromatic N) is 2. The third-order valence-electron chi connectivity index (χ3n) is 3.18. The predicted octanol–water partition coefficient (Wildman–Crippen LogP) is 3.36. The first-order valence-electron chi connectivity index (χ1n) is 6.84. The van der Waals surface area contributed by atoms with Crippen LogP contribution in [0, 0.1) is 12.8 Å². The van der Waals surface area contributed by atoms with Crippen molar-refractivity contribution in [2.75, 3.05) is 5.75 Å². The number of thioether (sulfide) groups is 1. The molecule has 1 N–H and O–H groups in total. The van der Waals surface area contributed by atoms with E-state index in [1.54, 1.807) is 0 Å². The fraction of sp³-hybridized carbons (Fsp3) is 0.786. The molecule has 0 aliphatic carbocycles. The molecular weight excluding hydrogens is 242 g/mol. The van der Waals surface area contributed by atoms with Gasteiger partial charge in [-0.3, -0.25) is 4.68 Å². The fourth-order valence-electron chi connectivity index (χ4n) is 1.71. The Morgan fingerprint density at radius 1 is 1.33 bits per heavy atom. The molecule has 0 amide bonds. The number of rotatable bonds is 7. The number of aryl methyl sites for hydroxylation is 2. The topological polar surface area (TPSA) is 29.9 Å². The van der Waals surface area contributed by atoms with Crippen LogP contribution in [-0.4, -0.2) is 21.6 Å². The van der Waals surface area contributed by atoms with Gasteiger partial charge in [0.2, 0.25) is 0 Å².